The van der Waals surface area contributed by atoms with Crippen LogP contribution in [0.25, 0.3) is 0 Å². The third-order valence-electron chi connectivity index (χ3n) is 3.03. The summed E-state index contributed by atoms with van der Waals surface area (Å²) in [7, 11) is 0. The average molecular weight is 305 g/mol. The summed E-state index contributed by atoms with van der Waals surface area (Å²) in [5.74, 6) is 0.904. The van der Waals surface area contributed by atoms with Gasteiger partial charge in [-0.05, 0) is 38.0 Å². The smallest absolute Gasteiger partial charge is 0.123 e. The Morgan fingerprint density at radius 3 is 3.00 bits per heavy atom. The van der Waals surface area contributed by atoms with E-state index in [1.165, 1.54) is 6.42 Å². The summed E-state index contributed by atoms with van der Waals surface area (Å²) in [4.78, 5) is 0. The fraction of sp³-hybridized carbons (Fsp3) is 0.571. The van der Waals surface area contributed by atoms with Crippen molar-refractivity contribution in [1.29, 1.82) is 0 Å². The van der Waals surface area contributed by atoms with E-state index < -0.39 is 0 Å². The van der Waals surface area contributed by atoms with Crippen LogP contribution in [0.3, 0.4) is 0 Å². The van der Waals surface area contributed by atoms with E-state index in [0.717, 1.165) is 42.5 Å². The van der Waals surface area contributed by atoms with E-state index in [-0.39, 0.29) is 12.4 Å². The molecule has 1 N–H and O–H groups in total. The Hall–Kier alpha value is -0.480. The van der Waals surface area contributed by atoms with Gasteiger partial charge in [0.1, 0.15) is 5.75 Å². The Bertz CT molecular complexity index is 382. The van der Waals surface area contributed by atoms with Crippen molar-refractivity contribution in [2.24, 2.45) is 0 Å². The molecule has 1 aliphatic rings. The molecule has 108 valence electrons. The highest BCUT2D eigenvalue weighted by atomic mass is 35.5. The zero-order chi connectivity index (χ0) is 12.8. The summed E-state index contributed by atoms with van der Waals surface area (Å²) < 4.78 is 11.2. The molecule has 3 nitrogen and oxygen atoms in total. The first kappa shape index (κ1) is 16.6. The first-order valence-corrected chi connectivity index (χ1v) is 6.91. The molecule has 19 heavy (non-hydrogen) atoms. The van der Waals surface area contributed by atoms with Crippen LogP contribution < -0.4 is 22.5 Å². The van der Waals surface area contributed by atoms with Gasteiger partial charge in [-0.3, -0.25) is 0 Å². The minimum absolute atomic E-state index is 0. The lowest BCUT2D eigenvalue weighted by Crippen LogP contribution is -3.00. The number of hydrogen-bond donors (Lipinski definition) is 1. The van der Waals surface area contributed by atoms with Crippen LogP contribution >= 0.6 is 11.6 Å². The van der Waals surface area contributed by atoms with Crippen molar-refractivity contribution < 1.29 is 21.9 Å². The van der Waals surface area contributed by atoms with E-state index in [2.05, 4.69) is 5.32 Å². The van der Waals surface area contributed by atoms with E-state index in [9.17, 15) is 0 Å². The number of ether oxygens (including phenoxy) is 2. The van der Waals surface area contributed by atoms with Gasteiger partial charge in [-0.2, -0.15) is 0 Å². The van der Waals surface area contributed by atoms with E-state index >= 15 is 0 Å². The highest BCUT2D eigenvalue weighted by molar-refractivity contribution is 6.30. The first-order chi connectivity index (χ1) is 8.79. The summed E-state index contributed by atoms with van der Waals surface area (Å²) in [6, 6.07) is 5.74. The van der Waals surface area contributed by atoms with Gasteiger partial charge in [0.2, 0.25) is 0 Å². The molecule has 0 spiro atoms. The third kappa shape index (κ3) is 5.19. The summed E-state index contributed by atoms with van der Waals surface area (Å²) in [6.07, 6.45) is 2.69. The molecule has 1 unspecified atom stereocenters. The highest BCUT2D eigenvalue weighted by Crippen LogP contribution is 2.23. The maximum absolute atomic E-state index is 6.01. The van der Waals surface area contributed by atoms with Crippen LogP contribution in [0.1, 0.15) is 25.3 Å². The van der Waals surface area contributed by atoms with Crippen LogP contribution in [-0.4, -0.2) is 25.9 Å². The van der Waals surface area contributed by atoms with Gasteiger partial charge < -0.3 is 27.2 Å². The molecule has 0 saturated carbocycles. The van der Waals surface area contributed by atoms with Gasteiger partial charge >= 0.3 is 0 Å². The first-order valence-electron chi connectivity index (χ1n) is 6.53. The SMILES string of the molecule is CCOc1ccc(Cl)cc1CNCC1CCCO1.[Cl-]. The van der Waals surface area contributed by atoms with Crippen LogP contribution in [-0.2, 0) is 11.3 Å². The van der Waals surface area contributed by atoms with Crippen LogP contribution in [0.15, 0.2) is 18.2 Å². The third-order valence-corrected chi connectivity index (χ3v) is 3.27. The lowest BCUT2D eigenvalue weighted by Gasteiger charge is -2.13. The second-order valence-electron chi connectivity index (χ2n) is 4.45. The Labute approximate surface area is 126 Å². The number of halogens is 2. The van der Waals surface area contributed by atoms with Crippen LogP contribution in [0, 0.1) is 0 Å². The molecule has 0 aliphatic carbocycles. The van der Waals surface area contributed by atoms with Crippen molar-refractivity contribution >= 4 is 11.6 Å². The quantitative estimate of drug-likeness (QED) is 0.803. The van der Waals surface area contributed by atoms with Gasteiger partial charge in [-0.15, -0.1) is 0 Å². The minimum atomic E-state index is 0. The number of rotatable bonds is 6. The van der Waals surface area contributed by atoms with Crippen molar-refractivity contribution in [3.05, 3.63) is 28.8 Å². The molecule has 1 saturated heterocycles. The van der Waals surface area contributed by atoms with Crippen LogP contribution in [0.5, 0.6) is 5.75 Å². The molecule has 0 amide bonds. The molecule has 0 bridgehead atoms. The second-order valence-corrected chi connectivity index (χ2v) is 4.89. The minimum Gasteiger partial charge on any atom is -1.00 e. The number of nitrogens with one attached hydrogen (secondary N) is 1. The molecule has 1 atom stereocenters. The normalized spacial score (nSPS) is 18.1. The summed E-state index contributed by atoms with van der Waals surface area (Å²) >= 11 is 6.01. The van der Waals surface area contributed by atoms with Crippen molar-refractivity contribution in [3.63, 3.8) is 0 Å². The fourth-order valence-electron chi connectivity index (χ4n) is 2.16. The maximum Gasteiger partial charge on any atom is 0.123 e. The van der Waals surface area contributed by atoms with E-state index in [4.69, 9.17) is 21.1 Å². The topological polar surface area (TPSA) is 30.5 Å². The average Bonchev–Trinajstić information content (AvgIpc) is 2.86. The Balaban J connectivity index is 0.00000180. The van der Waals surface area contributed by atoms with Crippen molar-refractivity contribution in [3.8, 4) is 5.75 Å². The largest absolute Gasteiger partial charge is 1.00 e. The molecule has 2 rings (SSSR count). The van der Waals surface area contributed by atoms with Gasteiger partial charge in [0, 0.05) is 30.3 Å². The van der Waals surface area contributed by atoms with Gasteiger partial charge in [-0.25, -0.2) is 0 Å². The molecule has 1 aromatic rings. The standard InChI is InChI=1S/C14H20ClNO2.ClH/c1-2-17-14-6-5-12(15)8-11(14)9-16-10-13-4-3-7-18-13;/h5-6,8,13,16H,2-4,7,9-10H2,1H3;1H/p-1. The monoisotopic (exact) mass is 304 g/mol. The number of hydrogen-bond acceptors (Lipinski definition) is 3. The van der Waals surface area contributed by atoms with Crippen molar-refractivity contribution in [2.75, 3.05) is 19.8 Å². The van der Waals surface area contributed by atoms with Gasteiger partial charge in [0.25, 0.3) is 0 Å². The zero-order valence-electron chi connectivity index (χ0n) is 11.1. The van der Waals surface area contributed by atoms with Gasteiger partial charge in [0.05, 0.1) is 12.7 Å². The molecule has 5 heteroatoms. The van der Waals surface area contributed by atoms with Crippen LogP contribution in [0.4, 0.5) is 0 Å². The van der Waals surface area contributed by atoms with Crippen molar-refractivity contribution in [2.45, 2.75) is 32.4 Å². The highest BCUT2D eigenvalue weighted by Gasteiger charge is 2.14. The number of benzene rings is 1. The molecule has 1 heterocycles. The molecule has 0 aromatic heterocycles. The lowest BCUT2D eigenvalue weighted by atomic mass is 10.2. The predicted molar refractivity (Wildman–Crippen MR) is 73.3 cm³/mol. The molecular formula is C14H20Cl2NO2-. The molecular weight excluding hydrogens is 285 g/mol. The molecule has 1 fully saturated rings. The molecule has 0 radical (unpaired) electrons. The van der Waals surface area contributed by atoms with E-state index in [0.29, 0.717) is 12.7 Å². The molecule has 1 aromatic carbocycles. The summed E-state index contributed by atoms with van der Waals surface area (Å²) in [5.41, 5.74) is 1.10. The Morgan fingerprint density at radius 1 is 1.47 bits per heavy atom. The van der Waals surface area contributed by atoms with Gasteiger partial charge in [-0.1, -0.05) is 11.6 Å². The summed E-state index contributed by atoms with van der Waals surface area (Å²) in [5, 5.41) is 4.15. The lowest BCUT2D eigenvalue weighted by molar-refractivity contribution is -0.00000546. The molecule has 1 aliphatic heterocycles. The Morgan fingerprint density at radius 2 is 2.32 bits per heavy atom. The second kappa shape index (κ2) is 8.64. The van der Waals surface area contributed by atoms with Crippen molar-refractivity contribution in [1.82, 2.24) is 5.32 Å². The maximum atomic E-state index is 6.01. The van der Waals surface area contributed by atoms with Gasteiger partial charge in [0.15, 0.2) is 0 Å². The van der Waals surface area contributed by atoms with E-state index in [1.54, 1.807) is 0 Å². The fourth-order valence-corrected chi connectivity index (χ4v) is 2.35. The predicted octanol–water partition coefficient (Wildman–Crippen LogP) is 0.0113. The summed E-state index contributed by atoms with van der Waals surface area (Å²) in [6.45, 7) is 5.19. The van der Waals surface area contributed by atoms with Crippen LogP contribution in [0.2, 0.25) is 5.02 Å². The zero-order valence-corrected chi connectivity index (χ0v) is 12.6. The Kier molecular flexibility index (Phi) is 7.54. The van der Waals surface area contributed by atoms with E-state index in [1.807, 2.05) is 25.1 Å².